The van der Waals surface area contributed by atoms with Gasteiger partial charge in [-0.05, 0) is 117 Å². The number of halogens is 1. The van der Waals surface area contributed by atoms with E-state index in [1.807, 2.05) is 176 Å². The summed E-state index contributed by atoms with van der Waals surface area (Å²) in [5, 5.41) is 72.2. The summed E-state index contributed by atoms with van der Waals surface area (Å²) in [5.41, 5.74) is 31.7. The Morgan fingerprint density at radius 1 is 0.410 bits per heavy atom. The van der Waals surface area contributed by atoms with E-state index in [-0.39, 0.29) is 59.4 Å². The van der Waals surface area contributed by atoms with Crippen LogP contribution in [0.4, 0.5) is 57.5 Å². The maximum absolute atomic E-state index is 12.6. The first-order chi connectivity index (χ1) is 70.2. The predicted molar refractivity (Wildman–Crippen MR) is 550 cm³/mol. The number of aliphatic hydroxyl groups is 2. The lowest BCUT2D eigenvalue weighted by molar-refractivity contribution is -0.112. The molecule has 732 valence electrons. The number of carbonyl (C=O) groups excluding carboxylic acids is 4. The zero-order valence-corrected chi connectivity index (χ0v) is 79.1. The number of pyridine rings is 5. The lowest BCUT2D eigenvalue weighted by Gasteiger charge is -2.23. The fraction of sp³-hybridized carbons (Fsp3) is 0.192. The van der Waals surface area contributed by atoms with Crippen molar-refractivity contribution in [2.45, 2.75) is 53.5 Å². The van der Waals surface area contributed by atoms with Crippen molar-refractivity contribution in [1.29, 1.82) is 5.41 Å². The number of carbonyl (C=O) groups is 4. The van der Waals surface area contributed by atoms with Crippen LogP contribution in [0, 0.1) is 5.41 Å². The zero-order valence-electron chi connectivity index (χ0n) is 78.4. The Balaban J connectivity index is 0.000000124. The van der Waals surface area contributed by atoms with E-state index in [0.717, 1.165) is 60.3 Å². The van der Waals surface area contributed by atoms with Crippen molar-refractivity contribution in [3.05, 3.63) is 332 Å². The number of fused-ring (bicyclic) bond motifs is 6. The second-order valence-electron chi connectivity index (χ2n) is 32.6. The van der Waals surface area contributed by atoms with Gasteiger partial charge in [-0.2, -0.15) is 0 Å². The molecule has 15 aromatic heterocycles. The number of aliphatic hydroxyl groups excluding tert-OH is 2. The average molecular weight is 1960 g/mol. The molecular formula is C99H101ClN36O8. The second-order valence-corrected chi connectivity index (χ2v) is 33.0. The summed E-state index contributed by atoms with van der Waals surface area (Å²) >= 11 is 6.08. The van der Waals surface area contributed by atoms with Crippen molar-refractivity contribution in [2.75, 3.05) is 98.8 Å². The number of ether oxygens (including phenoxy) is 2. The van der Waals surface area contributed by atoms with Crippen molar-refractivity contribution < 1.29 is 38.9 Å². The molecule has 1 aliphatic heterocycles. The number of imidazole rings is 5. The van der Waals surface area contributed by atoms with Crippen LogP contribution in [0.25, 0.3) is 27.6 Å². The van der Waals surface area contributed by atoms with E-state index < -0.39 is 0 Å². The number of rotatable bonds is 31. The predicted octanol–water partition coefficient (Wildman–Crippen LogP) is 9.62. The molecule has 6 aliphatic rings. The van der Waals surface area contributed by atoms with E-state index >= 15 is 0 Å². The van der Waals surface area contributed by atoms with Crippen molar-refractivity contribution in [3.63, 3.8) is 0 Å². The minimum Gasteiger partial charge on any atom is -0.490 e. The number of anilines is 5. The first-order valence-corrected chi connectivity index (χ1v) is 46.2. The lowest BCUT2D eigenvalue weighted by atomic mass is 10.0. The number of morpholine rings is 1. The Morgan fingerprint density at radius 2 is 0.785 bits per heavy atom. The van der Waals surface area contributed by atoms with Gasteiger partial charge in [-0.25, -0.2) is 72.5 Å². The van der Waals surface area contributed by atoms with Crippen LogP contribution in [0.3, 0.4) is 0 Å². The Hall–Kier alpha value is -18.6. The Bertz CT molecular complexity index is 7770. The molecule has 1 fully saturated rings. The largest absolute Gasteiger partial charge is 0.490 e. The molecule has 0 bridgehead atoms. The molecule has 0 aromatic carbocycles. The van der Waals surface area contributed by atoms with Crippen molar-refractivity contribution in [3.8, 4) is 0 Å². The van der Waals surface area contributed by atoms with Crippen LogP contribution in [0.1, 0.15) is 20.8 Å². The number of ketones is 4. The molecular weight excluding hydrogens is 1860 g/mol. The summed E-state index contributed by atoms with van der Waals surface area (Å²) in [5.74, 6) is 3.55. The maximum atomic E-state index is 12.6. The van der Waals surface area contributed by atoms with Gasteiger partial charge in [0.25, 0.3) is 0 Å². The Labute approximate surface area is 826 Å². The first kappa shape index (κ1) is 97.1. The number of nitrogens with zero attached hydrogens (tertiary/aromatic N) is 25. The molecule has 0 saturated carbocycles. The molecule has 144 heavy (non-hydrogen) atoms. The summed E-state index contributed by atoms with van der Waals surface area (Å²) in [4.78, 5) is 92.3. The molecule has 21 rings (SSSR count). The van der Waals surface area contributed by atoms with Crippen molar-refractivity contribution in [1.82, 2.24) is 106 Å². The highest BCUT2D eigenvalue weighted by Gasteiger charge is 2.29. The minimum absolute atomic E-state index is 0.00941. The average Bonchev–Trinajstić information content (AvgIpc) is 1.50. The SMILES string of the molecule is CC1=CC(=Nc2c(NCCn3ccnc3)nn3ccccc23)C(N)=C(Cl)C1=O.CC1=CC(=Nc2c(NCCn3ccnc3)nn3ccccc23)C(N)=CC1=O.CC1=CC(=Nc2c(NCCn3ccnc3)nn3ccccc23)C(NCCO)=CC1=O.N=C1C=C(N)C(OCCO)=CC1=Nc1c(NCCn2ccnc2)nn2ccccc12.O=C1C=C2NCCOC2=CC1=Nc1c(NCCn2ccnc2)nn2ccccc12. The topological polar surface area (TPSA) is 551 Å². The molecule has 45 heteroatoms. The molecule has 5 aliphatic carbocycles. The highest BCUT2D eigenvalue weighted by molar-refractivity contribution is 6.51. The van der Waals surface area contributed by atoms with Crippen LogP contribution in [0.15, 0.2) is 357 Å². The molecule has 44 nitrogen and oxygen atoms in total. The lowest BCUT2D eigenvalue weighted by Crippen LogP contribution is -2.31. The number of nitrogens with two attached hydrogens (primary N) is 3. The molecule has 0 unspecified atom stereocenters. The number of nitrogens with one attached hydrogen (secondary N) is 8. The maximum Gasteiger partial charge on any atom is 0.206 e. The van der Waals surface area contributed by atoms with Crippen LogP contribution in [0.5, 0.6) is 0 Å². The van der Waals surface area contributed by atoms with Gasteiger partial charge in [0.2, 0.25) is 11.6 Å². The van der Waals surface area contributed by atoms with Gasteiger partial charge in [0, 0.05) is 207 Å². The number of aliphatic imine (C=N–C) groups is 5. The van der Waals surface area contributed by atoms with Gasteiger partial charge in [0.05, 0.1) is 129 Å². The minimum atomic E-state index is -0.281. The van der Waals surface area contributed by atoms with Crippen LogP contribution < -0.4 is 54.4 Å². The third-order valence-electron chi connectivity index (χ3n) is 22.5. The molecule has 16 N–H and O–H groups in total. The smallest absolute Gasteiger partial charge is 0.206 e. The van der Waals surface area contributed by atoms with Gasteiger partial charge >= 0.3 is 0 Å². The third-order valence-corrected chi connectivity index (χ3v) is 22.9. The van der Waals surface area contributed by atoms with Gasteiger partial charge in [-0.15, -0.1) is 25.5 Å². The standard InChI is InChI=1S/C21H23N7O2.C20H22N8O2.C20H19N7O2.C19H18ClN7O.C19H19N7O/c1-15-12-17(16(13-19(15)30)23-7-11-29)25-20-18-4-2-3-8-28(18)26-21(20)24-6-10-27-9-5-22-14-27;21-14-11-15(22)18(30-10-9-29)12-16(14)25-19-17-3-1-2-6-28(17)26-20(19)24-5-8-27-7-4-23-13-27;28-17-11-15-18(29-10-6-22-15)12-14(17)24-19-16-3-1-2-7-27(16)25-20(19)23-5-9-26-8-4-21-13-26;1-12-10-13(16(21)15(20)18(12)28)24-17-14-4-2-3-7-27(14)25-19(17)23-6-9-26-8-5-22-11-26;1-13-10-15(14(20)11-17(13)27)23-18-16-4-2-3-7-26(16)24-19(18)22-6-9-25-8-5-21-12-25/h2-5,8-9,12-14,23,29H,6-7,10-11H2,1H3,(H,24,26);1-4,6-7,11-13,21,29H,5,8-10,22H2,(H,24,26);1-4,7-8,11-13,22H,5-6,9-10H2,(H,23,25);2-5,7-8,10-11H,6,9,21H2,1H3,(H,23,25);2-5,7-8,10-12H,6,9,20H2,1H3,(H,22,24). The summed E-state index contributed by atoms with van der Waals surface area (Å²) in [6, 6.07) is 28.7. The Kier molecular flexibility index (Phi) is 30.9. The molecule has 15 aromatic rings. The van der Waals surface area contributed by atoms with Crippen molar-refractivity contribution >= 4 is 154 Å². The highest BCUT2D eigenvalue weighted by Crippen LogP contribution is 2.38. The number of Topliss-reactive ketones (excluding diaryl/α,β-unsaturated/α-hetero) is 1. The normalized spacial score (nSPS) is 16.0. The Morgan fingerprint density at radius 3 is 1.18 bits per heavy atom. The molecule has 0 amide bonds. The number of hydrogen-bond donors (Lipinski definition) is 13. The summed E-state index contributed by atoms with van der Waals surface area (Å²) in [6.45, 7) is 13.6. The van der Waals surface area contributed by atoms with E-state index in [0.29, 0.717) is 190 Å². The quantitative estimate of drug-likeness (QED) is 0.0142. The van der Waals surface area contributed by atoms with Crippen LogP contribution in [-0.2, 0) is 61.4 Å². The van der Waals surface area contributed by atoms with Gasteiger partial charge in [-0.3, -0.25) is 24.6 Å². The summed E-state index contributed by atoms with van der Waals surface area (Å²) < 4.78 is 29.8. The van der Waals surface area contributed by atoms with E-state index in [9.17, 15) is 19.2 Å². The number of hydrogen-bond acceptors (Lipinski definition) is 34. The summed E-state index contributed by atoms with van der Waals surface area (Å²) in [6.07, 6.45) is 50.6. The fourth-order valence-electron chi connectivity index (χ4n) is 15.2. The van der Waals surface area contributed by atoms with Crippen LogP contribution in [0.2, 0.25) is 0 Å². The molecule has 0 atom stereocenters. The van der Waals surface area contributed by atoms with E-state index in [2.05, 4.69) is 92.6 Å². The number of aromatic nitrogens is 20. The number of allylic oxidation sites excluding steroid dienone is 13. The molecule has 16 heterocycles. The van der Waals surface area contributed by atoms with Crippen molar-refractivity contribution in [2.24, 2.45) is 42.2 Å². The zero-order chi connectivity index (χ0) is 100.0. The van der Waals surface area contributed by atoms with E-state index in [1.54, 1.807) is 136 Å². The van der Waals surface area contributed by atoms with Gasteiger partial charge in [-0.1, -0.05) is 41.9 Å². The van der Waals surface area contributed by atoms with Gasteiger partial charge in [0.1, 0.15) is 63.9 Å². The molecule has 0 radical (unpaired) electrons. The van der Waals surface area contributed by atoms with Gasteiger partial charge in [0.15, 0.2) is 40.7 Å². The third kappa shape index (κ3) is 23.5. The van der Waals surface area contributed by atoms with E-state index in [4.69, 9.17) is 73.9 Å². The second kappa shape index (κ2) is 45.8. The first-order valence-electron chi connectivity index (χ1n) is 45.8. The highest BCUT2D eigenvalue weighted by atomic mass is 35.5. The fourth-order valence-corrected chi connectivity index (χ4v) is 15.5. The monoisotopic (exact) mass is 1960 g/mol. The molecule has 1 saturated heterocycles. The molecule has 0 spiro atoms. The van der Waals surface area contributed by atoms with Crippen LogP contribution in [-0.4, -0.2) is 236 Å². The van der Waals surface area contributed by atoms with Gasteiger partial charge < -0.3 is 96.9 Å². The van der Waals surface area contributed by atoms with Crippen LogP contribution >= 0.6 is 11.6 Å². The van der Waals surface area contributed by atoms with E-state index in [1.165, 1.54) is 24.3 Å². The summed E-state index contributed by atoms with van der Waals surface area (Å²) in [7, 11) is 0.